The van der Waals surface area contributed by atoms with Crippen LogP contribution in [0.15, 0.2) is 54.6 Å². The number of ether oxygens (including phenoxy) is 1. The maximum absolute atomic E-state index is 11.8. The van der Waals surface area contributed by atoms with Gasteiger partial charge in [0.05, 0.1) is 7.11 Å². The van der Waals surface area contributed by atoms with E-state index in [0.717, 1.165) is 24.4 Å². The fourth-order valence-electron chi connectivity index (χ4n) is 2.18. The van der Waals surface area contributed by atoms with Crippen molar-refractivity contribution in [3.05, 3.63) is 54.6 Å². The molecule has 0 radical (unpaired) electrons. The number of urea groups is 1. The van der Waals surface area contributed by atoms with Crippen molar-refractivity contribution >= 4 is 17.4 Å². The van der Waals surface area contributed by atoms with Crippen molar-refractivity contribution in [3.8, 4) is 5.75 Å². The van der Waals surface area contributed by atoms with Crippen LogP contribution in [0.5, 0.6) is 5.75 Å². The predicted octanol–water partition coefficient (Wildman–Crippen LogP) is 3.34. The van der Waals surface area contributed by atoms with Gasteiger partial charge in [0.25, 0.3) is 0 Å². The number of amides is 2. The number of nitrogens with one attached hydrogen (secondary N) is 2. The lowest BCUT2D eigenvalue weighted by Crippen LogP contribution is -2.31. The maximum Gasteiger partial charge on any atom is 0.319 e. The average Bonchev–Trinajstić information content (AvgIpc) is 2.60. The SMILES string of the molecule is COc1ccc(NC(=O)NCCCN(C)c2ccccc2)cc1. The van der Waals surface area contributed by atoms with Gasteiger partial charge in [0, 0.05) is 31.5 Å². The number of hydrogen-bond acceptors (Lipinski definition) is 3. The van der Waals surface area contributed by atoms with Crippen LogP contribution < -0.4 is 20.3 Å². The lowest BCUT2D eigenvalue weighted by molar-refractivity contribution is 0.252. The highest BCUT2D eigenvalue weighted by Gasteiger charge is 2.03. The van der Waals surface area contributed by atoms with E-state index in [1.807, 2.05) is 49.5 Å². The molecule has 0 aliphatic carbocycles. The fourth-order valence-corrected chi connectivity index (χ4v) is 2.18. The highest BCUT2D eigenvalue weighted by Crippen LogP contribution is 2.14. The van der Waals surface area contributed by atoms with E-state index < -0.39 is 0 Å². The summed E-state index contributed by atoms with van der Waals surface area (Å²) in [6.07, 6.45) is 0.876. The van der Waals surface area contributed by atoms with Gasteiger partial charge in [-0.3, -0.25) is 0 Å². The number of rotatable bonds is 7. The molecule has 0 unspecified atom stereocenters. The molecule has 5 nitrogen and oxygen atoms in total. The lowest BCUT2D eigenvalue weighted by Gasteiger charge is -2.19. The molecule has 122 valence electrons. The molecule has 0 aliphatic heterocycles. The molecule has 2 rings (SSSR count). The van der Waals surface area contributed by atoms with Crippen molar-refractivity contribution in [1.82, 2.24) is 5.32 Å². The molecule has 0 aliphatic rings. The molecule has 0 saturated carbocycles. The minimum atomic E-state index is -0.197. The number of methoxy groups -OCH3 is 1. The zero-order valence-electron chi connectivity index (χ0n) is 13.6. The van der Waals surface area contributed by atoms with Gasteiger partial charge in [-0.2, -0.15) is 0 Å². The maximum atomic E-state index is 11.8. The van der Waals surface area contributed by atoms with Crippen molar-refractivity contribution in [2.45, 2.75) is 6.42 Å². The Hall–Kier alpha value is -2.69. The monoisotopic (exact) mass is 313 g/mol. The van der Waals surface area contributed by atoms with Crippen molar-refractivity contribution in [1.29, 1.82) is 0 Å². The molecule has 2 N–H and O–H groups in total. The number of carbonyl (C=O) groups is 1. The number of nitrogens with zero attached hydrogens (tertiary/aromatic N) is 1. The normalized spacial score (nSPS) is 10.0. The molecule has 2 aromatic carbocycles. The molecular weight excluding hydrogens is 290 g/mol. The summed E-state index contributed by atoms with van der Waals surface area (Å²) in [5, 5.41) is 5.65. The number of carbonyl (C=O) groups excluding carboxylic acids is 1. The van der Waals surface area contributed by atoms with E-state index in [0.29, 0.717) is 6.54 Å². The topological polar surface area (TPSA) is 53.6 Å². The molecule has 0 atom stereocenters. The molecule has 0 bridgehead atoms. The van der Waals surface area contributed by atoms with E-state index in [1.54, 1.807) is 7.11 Å². The summed E-state index contributed by atoms with van der Waals surface area (Å²) < 4.78 is 5.08. The number of anilines is 2. The summed E-state index contributed by atoms with van der Waals surface area (Å²) in [5.41, 5.74) is 1.92. The second-order valence-corrected chi connectivity index (χ2v) is 5.22. The van der Waals surface area contributed by atoms with Crippen LogP contribution in [0.2, 0.25) is 0 Å². The van der Waals surface area contributed by atoms with Crippen LogP contribution in [0.3, 0.4) is 0 Å². The van der Waals surface area contributed by atoms with Gasteiger partial charge in [0.15, 0.2) is 0 Å². The zero-order valence-corrected chi connectivity index (χ0v) is 13.6. The van der Waals surface area contributed by atoms with Crippen LogP contribution >= 0.6 is 0 Å². The van der Waals surface area contributed by atoms with Gasteiger partial charge in [-0.15, -0.1) is 0 Å². The molecule has 0 heterocycles. The van der Waals surface area contributed by atoms with Gasteiger partial charge in [0.2, 0.25) is 0 Å². The Balaban J connectivity index is 1.66. The van der Waals surface area contributed by atoms with Gasteiger partial charge in [-0.25, -0.2) is 4.79 Å². The Labute approximate surface area is 137 Å². The molecule has 2 amide bonds. The smallest absolute Gasteiger partial charge is 0.319 e. The summed E-state index contributed by atoms with van der Waals surface area (Å²) in [4.78, 5) is 14.0. The highest BCUT2D eigenvalue weighted by molar-refractivity contribution is 5.89. The third kappa shape index (κ3) is 5.54. The Morgan fingerprint density at radius 1 is 1.09 bits per heavy atom. The number of hydrogen-bond donors (Lipinski definition) is 2. The van der Waals surface area contributed by atoms with Gasteiger partial charge in [-0.1, -0.05) is 18.2 Å². The van der Waals surface area contributed by atoms with Crippen molar-refractivity contribution in [2.24, 2.45) is 0 Å². The van der Waals surface area contributed by atoms with Crippen molar-refractivity contribution in [3.63, 3.8) is 0 Å². The van der Waals surface area contributed by atoms with Crippen LogP contribution in [0.4, 0.5) is 16.2 Å². The molecule has 0 aromatic heterocycles. The van der Waals surface area contributed by atoms with Crippen molar-refractivity contribution < 1.29 is 9.53 Å². The van der Waals surface area contributed by atoms with E-state index in [1.165, 1.54) is 5.69 Å². The van der Waals surface area contributed by atoms with E-state index in [9.17, 15) is 4.79 Å². The minimum absolute atomic E-state index is 0.197. The Morgan fingerprint density at radius 3 is 2.43 bits per heavy atom. The molecule has 0 spiro atoms. The van der Waals surface area contributed by atoms with Crippen LogP contribution in [-0.2, 0) is 0 Å². The van der Waals surface area contributed by atoms with Gasteiger partial charge < -0.3 is 20.3 Å². The molecule has 23 heavy (non-hydrogen) atoms. The molecule has 0 fully saturated rings. The van der Waals surface area contributed by atoms with Gasteiger partial charge >= 0.3 is 6.03 Å². The molecule has 0 saturated heterocycles. The van der Waals surface area contributed by atoms with E-state index >= 15 is 0 Å². The first-order chi connectivity index (χ1) is 11.2. The zero-order chi connectivity index (χ0) is 16.5. The first kappa shape index (κ1) is 16.7. The average molecular weight is 313 g/mol. The third-order valence-corrected chi connectivity index (χ3v) is 3.50. The predicted molar refractivity (Wildman–Crippen MR) is 94.3 cm³/mol. The Morgan fingerprint density at radius 2 is 1.78 bits per heavy atom. The standard InChI is InChI=1S/C18H23N3O2/c1-21(16-7-4-3-5-8-16)14-6-13-19-18(22)20-15-9-11-17(23-2)12-10-15/h3-5,7-12H,6,13-14H2,1-2H3,(H2,19,20,22). The lowest BCUT2D eigenvalue weighted by atomic mass is 10.3. The van der Waals surface area contributed by atoms with E-state index in [4.69, 9.17) is 4.74 Å². The molecule has 5 heteroatoms. The Bertz CT molecular complexity index is 599. The quantitative estimate of drug-likeness (QED) is 0.771. The summed E-state index contributed by atoms with van der Waals surface area (Å²) in [6.45, 7) is 1.51. The minimum Gasteiger partial charge on any atom is -0.497 e. The highest BCUT2D eigenvalue weighted by atomic mass is 16.5. The van der Waals surface area contributed by atoms with Crippen LogP contribution in [0.25, 0.3) is 0 Å². The molecular formula is C18H23N3O2. The first-order valence-electron chi connectivity index (χ1n) is 7.64. The van der Waals surface area contributed by atoms with Gasteiger partial charge in [-0.05, 0) is 42.8 Å². The van der Waals surface area contributed by atoms with Crippen molar-refractivity contribution in [2.75, 3.05) is 37.5 Å². The second-order valence-electron chi connectivity index (χ2n) is 5.22. The third-order valence-electron chi connectivity index (χ3n) is 3.50. The summed E-state index contributed by atoms with van der Waals surface area (Å²) >= 11 is 0. The fraction of sp³-hybridized carbons (Fsp3) is 0.278. The van der Waals surface area contributed by atoms with E-state index in [2.05, 4.69) is 27.7 Å². The summed E-state index contributed by atoms with van der Waals surface area (Å²) in [5.74, 6) is 0.764. The summed E-state index contributed by atoms with van der Waals surface area (Å²) in [6, 6.07) is 17.2. The summed E-state index contributed by atoms with van der Waals surface area (Å²) in [7, 11) is 3.66. The van der Waals surface area contributed by atoms with E-state index in [-0.39, 0.29) is 6.03 Å². The van der Waals surface area contributed by atoms with Gasteiger partial charge in [0.1, 0.15) is 5.75 Å². The Kier molecular flexibility index (Phi) is 6.29. The first-order valence-corrected chi connectivity index (χ1v) is 7.64. The number of benzene rings is 2. The largest absolute Gasteiger partial charge is 0.497 e. The molecule has 2 aromatic rings. The number of para-hydroxylation sites is 1. The van der Waals surface area contributed by atoms with Crippen LogP contribution in [0, 0.1) is 0 Å². The second kappa shape index (κ2) is 8.68. The van der Waals surface area contributed by atoms with Crippen LogP contribution in [-0.4, -0.2) is 33.3 Å². The van der Waals surface area contributed by atoms with Crippen LogP contribution in [0.1, 0.15) is 6.42 Å².